The van der Waals surface area contributed by atoms with Gasteiger partial charge in [0, 0.05) is 6.61 Å². The molecule has 102 valence electrons. The van der Waals surface area contributed by atoms with Gasteiger partial charge >= 0.3 is 0 Å². The summed E-state index contributed by atoms with van der Waals surface area (Å²) in [5, 5.41) is 9.37. The fourth-order valence-electron chi connectivity index (χ4n) is 5.67. The monoisotopic (exact) mass is 248 g/mol. The molecule has 0 saturated heterocycles. The lowest BCUT2D eigenvalue weighted by Crippen LogP contribution is -2.43. The zero-order valence-corrected chi connectivity index (χ0v) is 12.5. The lowest BCUT2D eigenvalue weighted by atomic mass is 9.52. The van der Waals surface area contributed by atoms with Crippen molar-refractivity contribution in [3.63, 3.8) is 0 Å². The minimum atomic E-state index is 0.329. The van der Waals surface area contributed by atoms with Crippen LogP contribution in [0.2, 0.25) is 0 Å². The molecule has 3 rings (SSSR count). The second kappa shape index (κ2) is 3.62. The van der Waals surface area contributed by atoms with Crippen LogP contribution in [-0.2, 0) is 0 Å². The molecule has 2 bridgehead atoms. The number of fused-ring (bicyclic) bond motifs is 1. The Morgan fingerprint density at radius 1 is 1.17 bits per heavy atom. The van der Waals surface area contributed by atoms with Gasteiger partial charge in [-0.25, -0.2) is 0 Å². The maximum absolute atomic E-state index is 9.37. The molecule has 3 aliphatic carbocycles. The highest BCUT2D eigenvalue weighted by Crippen LogP contribution is 2.74. The molecular weight excluding hydrogens is 220 g/mol. The van der Waals surface area contributed by atoms with Gasteiger partial charge in [0.25, 0.3) is 0 Å². The summed E-state index contributed by atoms with van der Waals surface area (Å²) in [7, 11) is 0. The van der Waals surface area contributed by atoms with Gasteiger partial charge in [-0.1, -0.05) is 38.8 Å². The van der Waals surface area contributed by atoms with Crippen LogP contribution in [0.15, 0.2) is 11.1 Å². The SMILES string of the molecule is CC1(C)C2=C(CCO)CCC(C)(C)C23CCC1C3. The molecule has 1 nitrogen and oxygen atoms in total. The van der Waals surface area contributed by atoms with Gasteiger partial charge in [-0.2, -0.15) is 0 Å². The molecule has 1 heteroatoms. The predicted molar refractivity (Wildman–Crippen MR) is 75.3 cm³/mol. The van der Waals surface area contributed by atoms with E-state index in [0.717, 1.165) is 12.3 Å². The summed E-state index contributed by atoms with van der Waals surface area (Å²) in [5.74, 6) is 0.888. The molecule has 1 spiro atoms. The Bertz CT molecular complexity index is 402. The van der Waals surface area contributed by atoms with Crippen LogP contribution >= 0.6 is 0 Å². The Morgan fingerprint density at radius 2 is 1.89 bits per heavy atom. The third-order valence-corrected chi connectivity index (χ3v) is 6.77. The van der Waals surface area contributed by atoms with Crippen molar-refractivity contribution >= 4 is 0 Å². The van der Waals surface area contributed by atoms with Gasteiger partial charge in [-0.3, -0.25) is 0 Å². The van der Waals surface area contributed by atoms with E-state index >= 15 is 0 Å². The molecule has 3 aliphatic rings. The summed E-state index contributed by atoms with van der Waals surface area (Å²) < 4.78 is 0. The van der Waals surface area contributed by atoms with Gasteiger partial charge in [-0.15, -0.1) is 0 Å². The molecular formula is C17H28O. The summed E-state index contributed by atoms with van der Waals surface area (Å²) in [6.45, 7) is 10.2. The summed E-state index contributed by atoms with van der Waals surface area (Å²) in [5.41, 5.74) is 4.72. The molecule has 0 heterocycles. The molecule has 2 saturated carbocycles. The maximum atomic E-state index is 9.37. The van der Waals surface area contributed by atoms with Crippen LogP contribution in [-0.4, -0.2) is 11.7 Å². The zero-order chi connectivity index (χ0) is 13.2. The summed E-state index contributed by atoms with van der Waals surface area (Å²) in [4.78, 5) is 0. The Labute approximate surface area is 112 Å². The molecule has 0 aromatic rings. The highest BCUT2D eigenvalue weighted by Gasteiger charge is 2.64. The Hall–Kier alpha value is -0.300. The van der Waals surface area contributed by atoms with E-state index in [9.17, 15) is 5.11 Å². The number of hydrogen-bond donors (Lipinski definition) is 1. The van der Waals surface area contributed by atoms with Crippen molar-refractivity contribution in [1.29, 1.82) is 0 Å². The molecule has 2 fully saturated rings. The summed E-state index contributed by atoms with van der Waals surface area (Å²) >= 11 is 0. The molecule has 18 heavy (non-hydrogen) atoms. The van der Waals surface area contributed by atoms with Crippen molar-refractivity contribution in [1.82, 2.24) is 0 Å². The Kier molecular flexibility index (Phi) is 2.56. The highest BCUT2D eigenvalue weighted by atomic mass is 16.2. The second-order valence-corrected chi connectivity index (χ2v) is 8.08. The lowest BCUT2D eigenvalue weighted by Gasteiger charge is -2.53. The van der Waals surface area contributed by atoms with Crippen LogP contribution in [0.4, 0.5) is 0 Å². The number of hydrogen-bond acceptors (Lipinski definition) is 1. The molecule has 1 N–H and O–H groups in total. The molecule has 2 atom stereocenters. The standard InChI is InChI=1S/C17H28O/c1-15(2)8-5-12(7-10-18)14-16(3,4)13-6-9-17(14,15)11-13/h13,18H,5-11H2,1-4H3. The molecule has 0 amide bonds. The fourth-order valence-corrected chi connectivity index (χ4v) is 5.67. The third kappa shape index (κ3) is 1.32. The number of rotatable bonds is 2. The summed E-state index contributed by atoms with van der Waals surface area (Å²) in [6.07, 6.45) is 7.70. The molecule has 0 radical (unpaired) electrons. The third-order valence-electron chi connectivity index (χ3n) is 6.77. The van der Waals surface area contributed by atoms with E-state index in [1.807, 2.05) is 0 Å². The summed E-state index contributed by atoms with van der Waals surface area (Å²) in [6, 6.07) is 0. The van der Waals surface area contributed by atoms with Gasteiger partial charge in [-0.05, 0) is 60.7 Å². The fraction of sp³-hybridized carbons (Fsp3) is 0.882. The van der Waals surface area contributed by atoms with Gasteiger partial charge < -0.3 is 5.11 Å². The quantitative estimate of drug-likeness (QED) is 0.722. The molecule has 0 aromatic carbocycles. The number of aliphatic hydroxyl groups is 1. The Morgan fingerprint density at radius 3 is 2.56 bits per heavy atom. The predicted octanol–water partition coefficient (Wildman–Crippen LogP) is 4.31. The van der Waals surface area contributed by atoms with E-state index in [4.69, 9.17) is 0 Å². The second-order valence-electron chi connectivity index (χ2n) is 8.08. The van der Waals surface area contributed by atoms with Gasteiger partial charge in [0.05, 0.1) is 0 Å². The minimum Gasteiger partial charge on any atom is -0.396 e. The van der Waals surface area contributed by atoms with Gasteiger partial charge in [0.15, 0.2) is 0 Å². The lowest BCUT2D eigenvalue weighted by molar-refractivity contribution is 0.0837. The van der Waals surface area contributed by atoms with Crippen LogP contribution in [0.1, 0.15) is 66.2 Å². The number of aliphatic hydroxyl groups excluding tert-OH is 1. The van der Waals surface area contributed by atoms with E-state index < -0.39 is 0 Å². The van der Waals surface area contributed by atoms with Crippen molar-refractivity contribution in [2.24, 2.45) is 22.2 Å². The average molecular weight is 248 g/mol. The minimum absolute atomic E-state index is 0.329. The van der Waals surface area contributed by atoms with Crippen LogP contribution in [0.5, 0.6) is 0 Å². The van der Waals surface area contributed by atoms with Crippen LogP contribution in [0.3, 0.4) is 0 Å². The average Bonchev–Trinajstić information content (AvgIpc) is 2.79. The normalized spacial score (nSPS) is 40.2. The van der Waals surface area contributed by atoms with Gasteiger partial charge in [0.1, 0.15) is 0 Å². The van der Waals surface area contributed by atoms with Crippen LogP contribution in [0, 0.1) is 22.2 Å². The number of allylic oxidation sites excluding steroid dienone is 1. The van der Waals surface area contributed by atoms with Crippen molar-refractivity contribution in [2.75, 3.05) is 6.61 Å². The van der Waals surface area contributed by atoms with E-state index in [0.29, 0.717) is 22.9 Å². The van der Waals surface area contributed by atoms with E-state index in [1.54, 1.807) is 11.1 Å². The maximum Gasteiger partial charge on any atom is 0.0468 e. The van der Waals surface area contributed by atoms with Crippen molar-refractivity contribution in [3.05, 3.63) is 11.1 Å². The smallest absolute Gasteiger partial charge is 0.0468 e. The Balaban J connectivity index is 2.17. The van der Waals surface area contributed by atoms with E-state index in [-0.39, 0.29) is 0 Å². The van der Waals surface area contributed by atoms with Gasteiger partial charge in [0.2, 0.25) is 0 Å². The van der Waals surface area contributed by atoms with Crippen molar-refractivity contribution in [3.8, 4) is 0 Å². The van der Waals surface area contributed by atoms with Crippen LogP contribution in [0.25, 0.3) is 0 Å². The molecule has 0 aliphatic heterocycles. The van der Waals surface area contributed by atoms with E-state index in [1.165, 1.54) is 32.1 Å². The topological polar surface area (TPSA) is 20.2 Å². The van der Waals surface area contributed by atoms with Crippen LogP contribution < -0.4 is 0 Å². The molecule has 0 aromatic heterocycles. The first-order valence-electron chi connectivity index (χ1n) is 7.69. The van der Waals surface area contributed by atoms with Crippen molar-refractivity contribution < 1.29 is 5.11 Å². The zero-order valence-electron chi connectivity index (χ0n) is 12.5. The van der Waals surface area contributed by atoms with Crippen molar-refractivity contribution in [2.45, 2.75) is 66.2 Å². The first-order valence-corrected chi connectivity index (χ1v) is 7.69. The van der Waals surface area contributed by atoms with E-state index in [2.05, 4.69) is 27.7 Å². The first kappa shape index (κ1) is 12.7. The first-order chi connectivity index (χ1) is 8.35. The largest absolute Gasteiger partial charge is 0.396 e. The molecule has 2 unspecified atom stereocenters. The highest BCUT2D eigenvalue weighted by molar-refractivity contribution is 5.41.